The van der Waals surface area contributed by atoms with E-state index in [0.717, 1.165) is 55.7 Å². The fraction of sp³-hybridized carbons (Fsp3) is 0.237. The number of halogens is 3. The molecule has 3 aromatic heterocycles. The first kappa shape index (κ1) is 33.0. The molecule has 9 rings (SSSR count). The molecule has 0 radical (unpaired) electrons. The molecule has 52 heavy (non-hydrogen) atoms. The van der Waals surface area contributed by atoms with Crippen LogP contribution in [0.2, 0.25) is 0 Å². The largest absolute Gasteiger partial charge is 0.391 e. The standard InChI is InChI=1S/C38H27F3N6O2S3/c1-18-3-8-21(9-4-18)47(22-10-5-19(2)6-11-22)30-14-13-29(50-30)27-16-24-25(31-33(27)45-51-43-31)17-28(35-32(24)44-52-46-35)42-34-23-12-7-20(38(39,40)41)15-26(23)36(48)37(34)49/h3-6,8-11,13-14,16-17,20,23,26H,7,12,15H2,1-2H3. The molecule has 2 aliphatic rings. The van der Waals surface area contributed by atoms with Crippen LogP contribution in [-0.2, 0) is 9.59 Å². The Kier molecular flexibility index (Phi) is 7.83. The number of carbonyl (C=O) groups is 2. The summed E-state index contributed by atoms with van der Waals surface area (Å²) < 4.78 is 59.1. The lowest BCUT2D eigenvalue weighted by Crippen LogP contribution is -2.34. The summed E-state index contributed by atoms with van der Waals surface area (Å²) >= 11 is 3.71. The molecule has 0 aliphatic heterocycles. The van der Waals surface area contributed by atoms with Crippen LogP contribution in [0.1, 0.15) is 30.4 Å². The van der Waals surface area contributed by atoms with E-state index in [1.807, 2.05) is 6.07 Å². The minimum absolute atomic E-state index is 0.00589. The van der Waals surface area contributed by atoms with E-state index < -0.39 is 41.9 Å². The Morgan fingerprint density at radius 1 is 0.731 bits per heavy atom. The van der Waals surface area contributed by atoms with Gasteiger partial charge in [0, 0.05) is 44.4 Å². The van der Waals surface area contributed by atoms with Crippen molar-refractivity contribution in [2.45, 2.75) is 39.3 Å². The van der Waals surface area contributed by atoms with Gasteiger partial charge in [-0.05, 0) is 81.6 Å². The maximum atomic E-state index is 13.5. The molecule has 3 unspecified atom stereocenters. The van der Waals surface area contributed by atoms with Crippen molar-refractivity contribution in [2.24, 2.45) is 22.7 Å². The second kappa shape index (κ2) is 12.3. The number of aryl methyl sites for hydroxylation is 2. The van der Waals surface area contributed by atoms with Crippen LogP contribution in [0, 0.1) is 31.6 Å². The van der Waals surface area contributed by atoms with Crippen molar-refractivity contribution in [2.75, 3.05) is 4.90 Å². The number of hydrogen-bond donors (Lipinski definition) is 0. The van der Waals surface area contributed by atoms with Crippen LogP contribution in [0.4, 0.5) is 35.2 Å². The minimum Gasteiger partial charge on any atom is -0.302 e. The van der Waals surface area contributed by atoms with Crippen LogP contribution in [-0.4, -0.2) is 40.9 Å². The Bertz CT molecular complexity index is 2550. The maximum Gasteiger partial charge on any atom is 0.391 e. The van der Waals surface area contributed by atoms with Crippen molar-refractivity contribution < 1.29 is 22.8 Å². The highest BCUT2D eigenvalue weighted by atomic mass is 32.1. The van der Waals surface area contributed by atoms with Gasteiger partial charge in [-0.1, -0.05) is 35.4 Å². The van der Waals surface area contributed by atoms with Crippen molar-refractivity contribution in [3.05, 3.63) is 83.9 Å². The van der Waals surface area contributed by atoms with Gasteiger partial charge in [0.05, 0.1) is 40.8 Å². The lowest BCUT2D eigenvalue weighted by molar-refractivity contribution is -0.187. The van der Waals surface area contributed by atoms with Crippen molar-refractivity contribution in [3.63, 3.8) is 0 Å². The molecule has 2 saturated carbocycles. The number of aromatic nitrogens is 4. The van der Waals surface area contributed by atoms with Crippen molar-refractivity contribution in [3.8, 4) is 10.4 Å². The van der Waals surface area contributed by atoms with Gasteiger partial charge in [-0.15, -0.1) is 11.3 Å². The molecule has 0 spiro atoms. The zero-order chi connectivity index (χ0) is 35.9. The SMILES string of the molecule is Cc1ccc(N(c2ccc(C)cc2)c2ccc(-c3cc4c(cc(N=C5C(=O)C(=O)C6CC(C(F)(F)F)CCC56)c5nsnc54)c4nsnc34)s2)cc1. The molecule has 8 nitrogen and oxygen atoms in total. The van der Waals surface area contributed by atoms with Crippen LogP contribution < -0.4 is 4.90 Å². The summed E-state index contributed by atoms with van der Waals surface area (Å²) in [7, 11) is 0. The number of carbonyl (C=O) groups excluding carboxylic acids is 2. The molecule has 14 heteroatoms. The van der Waals surface area contributed by atoms with Crippen LogP contribution in [0.15, 0.2) is 77.8 Å². The van der Waals surface area contributed by atoms with Crippen molar-refractivity contribution >= 4 is 107 Å². The summed E-state index contributed by atoms with van der Waals surface area (Å²) in [5, 5.41) is 2.51. The zero-order valence-corrected chi connectivity index (χ0v) is 30.1. The number of alkyl halides is 3. The summed E-state index contributed by atoms with van der Waals surface area (Å²) in [5.41, 5.74) is 7.98. The Hall–Kier alpha value is -4.92. The Labute approximate surface area is 307 Å². The third kappa shape index (κ3) is 5.42. The second-order valence-corrected chi connectivity index (χ2v) is 15.6. The van der Waals surface area contributed by atoms with Crippen molar-refractivity contribution in [1.82, 2.24) is 17.5 Å². The molecule has 2 fully saturated rings. The molecule has 260 valence electrons. The summed E-state index contributed by atoms with van der Waals surface area (Å²) in [6.07, 6.45) is -4.89. The molecule has 3 atom stereocenters. The molecule has 0 amide bonds. The summed E-state index contributed by atoms with van der Waals surface area (Å²) in [5.74, 6) is -4.89. The fourth-order valence-corrected chi connectivity index (χ4v) is 9.72. The number of anilines is 3. The number of rotatable bonds is 5. The van der Waals surface area contributed by atoms with E-state index in [4.69, 9.17) is 9.37 Å². The minimum atomic E-state index is -4.41. The molecule has 0 N–H and O–H groups in total. The Morgan fingerprint density at radius 3 is 1.98 bits per heavy atom. The predicted octanol–water partition coefficient (Wildman–Crippen LogP) is 10.5. The number of thiophene rings is 1. The number of aliphatic imine (C=N–C) groups is 1. The van der Waals surface area contributed by atoms with Gasteiger partial charge in [0.2, 0.25) is 11.6 Å². The van der Waals surface area contributed by atoms with Crippen molar-refractivity contribution in [1.29, 1.82) is 0 Å². The smallest absolute Gasteiger partial charge is 0.302 e. The van der Waals surface area contributed by atoms with Gasteiger partial charge in [0.25, 0.3) is 0 Å². The molecular weight excluding hydrogens is 726 g/mol. The number of Topliss-reactive ketones (excluding diaryl/α,β-unsaturated/α-hetero) is 2. The molecule has 3 heterocycles. The Balaban J connectivity index is 1.15. The Morgan fingerprint density at radius 2 is 1.33 bits per heavy atom. The topological polar surface area (TPSA) is 101 Å². The molecule has 7 aromatic rings. The summed E-state index contributed by atoms with van der Waals surface area (Å²) in [6, 6.07) is 24.9. The van der Waals surface area contributed by atoms with E-state index in [1.54, 1.807) is 17.4 Å². The number of nitrogens with zero attached hydrogens (tertiary/aromatic N) is 6. The van der Waals surface area contributed by atoms with Crippen LogP contribution in [0.3, 0.4) is 0 Å². The highest BCUT2D eigenvalue weighted by Gasteiger charge is 2.54. The number of hydrogen-bond acceptors (Lipinski definition) is 11. The third-order valence-electron chi connectivity index (χ3n) is 10.2. The molecular formula is C38H27F3N6O2S3. The van der Waals surface area contributed by atoms with Crippen LogP contribution in [0.25, 0.3) is 43.3 Å². The number of benzene rings is 4. The van der Waals surface area contributed by atoms with Gasteiger partial charge in [0.15, 0.2) is 0 Å². The zero-order valence-electron chi connectivity index (χ0n) is 27.6. The van der Waals surface area contributed by atoms with Gasteiger partial charge in [-0.3, -0.25) is 9.59 Å². The highest BCUT2D eigenvalue weighted by molar-refractivity contribution is 7.19. The molecule has 4 aromatic carbocycles. The third-order valence-corrected chi connectivity index (χ3v) is 12.4. The van der Waals surface area contributed by atoms with E-state index in [-0.39, 0.29) is 18.6 Å². The first-order valence-electron chi connectivity index (χ1n) is 16.7. The maximum absolute atomic E-state index is 13.5. The fourth-order valence-electron chi connectivity index (χ4n) is 7.51. The molecule has 0 saturated heterocycles. The molecule has 0 bridgehead atoms. The highest BCUT2D eigenvalue weighted by Crippen LogP contribution is 2.48. The second-order valence-electron chi connectivity index (χ2n) is 13.4. The molecule has 2 aliphatic carbocycles. The first-order chi connectivity index (χ1) is 25.0. The summed E-state index contributed by atoms with van der Waals surface area (Å²) in [6.45, 7) is 4.13. The van der Waals surface area contributed by atoms with Gasteiger partial charge < -0.3 is 4.90 Å². The van der Waals surface area contributed by atoms with Gasteiger partial charge in [-0.2, -0.15) is 30.7 Å². The summed E-state index contributed by atoms with van der Waals surface area (Å²) in [4.78, 5) is 34.0. The van der Waals surface area contributed by atoms with E-state index in [9.17, 15) is 22.8 Å². The van der Waals surface area contributed by atoms with Gasteiger partial charge in [0.1, 0.15) is 27.1 Å². The number of fused-ring (bicyclic) bond motifs is 6. The lowest BCUT2D eigenvalue weighted by atomic mass is 9.75. The van der Waals surface area contributed by atoms with E-state index in [0.29, 0.717) is 33.1 Å². The van der Waals surface area contributed by atoms with Crippen LogP contribution in [0.5, 0.6) is 0 Å². The van der Waals surface area contributed by atoms with E-state index >= 15 is 0 Å². The average molecular weight is 753 g/mol. The monoisotopic (exact) mass is 752 g/mol. The normalized spacial score (nSPS) is 20.1. The van der Waals surface area contributed by atoms with E-state index in [2.05, 4.69) is 92.5 Å². The van der Waals surface area contributed by atoms with Crippen LogP contribution >= 0.6 is 34.8 Å². The first-order valence-corrected chi connectivity index (χ1v) is 18.9. The lowest BCUT2D eigenvalue weighted by Gasteiger charge is -2.31. The van der Waals surface area contributed by atoms with Gasteiger partial charge in [-0.25, -0.2) is 4.99 Å². The average Bonchev–Trinajstić information content (AvgIpc) is 3.95. The van der Waals surface area contributed by atoms with Gasteiger partial charge >= 0.3 is 6.18 Å². The number of ketones is 2. The quantitative estimate of drug-likeness (QED) is 0.161. The predicted molar refractivity (Wildman–Crippen MR) is 201 cm³/mol. The van der Waals surface area contributed by atoms with E-state index in [1.165, 1.54) is 11.1 Å².